The first-order valence-corrected chi connectivity index (χ1v) is 6.10. The third-order valence-electron chi connectivity index (χ3n) is 2.87. The Morgan fingerprint density at radius 1 is 1.35 bits per heavy atom. The number of rotatable bonds is 2. The van der Waals surface area contributed by atoms with E-state index in [0.29, 0.717) is 27.4 Å². The van der Waals surface area contributed by atoms with Crippen molar-refractivity contribution in [3.63, 3.8) is 0 Å². The molecule has 0 aliphatic carbocycles. The number of hydrogen-bond acceptors (Lipinski definition) is 5. The van der Waals surface area contributed by atoms with E-state index in [4.69, 9.17) is 16.0 Å². The first kappa shape index (κ1) is 12.6. The topological polar surface area (TPSA) is 82.1 Å². The van der Waals surface area contributed by atoms with Crippen molar-refractivity contribution >= 4 is 28.5 Å². The van der Waals surface area contributed by atoms with Crippen molar-refractivity contribution in [1.29, 1.82) is 0 Å². The van der Waals surface area contributed by atoms with Gasteiger partial charge in [0.1, 0.15) is 5.52 Å². The molecule has 3 rings (SSSR count). The number of hydrogen-bond donors (Lipinski definition) is 0. The van der Waals surface area contributed by atoms with Gasteiger partial charge in [-0.1, -0.05) is 17.7 Å². The summed E-state index contributed by atoms with van der Waals surface area (Å²) in [7, 11) is 0. The van der Waals surface area contributed by atoms with Gasteiger partial charge in [-0.2, -0.15) is 0 Å². The summed E-state index contributed by atoms with van der Waals surface area (Å²) in [6.07, 6.45) is 1.45. The highest BCUT2D eigenvalue weighted by Gasteiger charge is 2.15. The second-order valence-electron chi connectivity index (χ2n) is 4.26. The number of nitrogens with zero attached hydrogens (tertiary/aromatic N) is 3. The fourth-order valence-corrected chi connectivity index (χ4v) is 2.01. The summed E-state index contributed by atoms with van der Waals surface area (Å²) >= 11 is 5.83. The van der Waals surface area contributed by atoms with Gasteiger partial charge in [-0.15, -0.1) is 0 Å². The molecular formula is C13H8ClN3O3. The highest BCUT2D eigenvalue weighted by molar-refractivity contribution is 6.30. The molecule has 0 spiro atoms. The molecule has 0 aliphatic rings. The number of benzene rings is 1. The van der Waals surface area contributed by atoms with Gasteiger partial charge in [-0.25, -0.2) is 9.97 Å². The lowest BCUT2D eigenvalue weighted by Gasteiger charge is -1.99. The highest BCUT2D eigenvalue weighted by Crippen LogP contribution is 2.28. The summed E-state index contributed by atoms with van der Waals surface area (Å²) in [4.78, 5) is 18.8. The third kappa shape index (κ3) is 2.10. The second-order valence-corrected chi connectivity index (χ2v) is 4.69. The van der Waals surface area contributed by atoms with Crippen LogP contribution in [-0.4, -0.2) is 14.9 Å². The Morgan fingerprint density at radius 2 is 2.15 bits per heavy atom. The highest BCUT2D eigenvalue weighted by atomic mass is 35.5. The molecule has 0 saturated carbocycles. The van der Waals surface area contributed by atoms with E-state index in [1.165, 1.54) is 12.3 Å². The molecule has 1 aromatic carbocycles. The monoisotopic (exact) mass is 289 g/mol. The number of fused-ring (bicyclic) bond motifs is 1. The van der Waals surface area contributed by atoms with Gasteiger partial charge in [-0.05, 0) is 19.1 Å². The van der Waals surface area contributed by atoms with Crippen LogP contribution in [0.3, 0.4) is 0 Å². The van der Waals surface area contributed by atoms with E-state index < -0.39 is 4.92 Å². The predicted octanol–water partition coefficient (Wildman–Crippen LogP) is 3.76. The number of aryl methyl sites for hydroxylation is 1. The molecule has 0 aliphatic heterocycles. The maximum atomic E-state index is 10.9. The molecule has 0 radical (unpaired) electrons. The molecule has 3 aromatic rings. The normalized spacial score (nSPS) is 10.9. The van der Waals surface area contributed by atoms with Gasteiger partial charge in [0.15, 0.2) is 0 Å². The number of halogens is 1. The van der Waals surface area contributed by atoms with E-state index in [1.54, 1.807) is 25.1 Å². The number of aromatic nitrogens is 2. The van der Waals surface area contributed by atoms with Crippen LogP contribution in [0.1, 0.15) is 5.56 Å². The van der Waals surface area contributed by atoms with Crippen molar-refractivity contribution in [3.05, 3.63) is 51.2 Å². The van der Waals surface area contributed by atoms with E-state index in [2.05, 4.69) is 9.97 Å². The van der Waals surface area contributed by atoms with Crippen molar-refractivity contribution in [2.24, 2.45) is 0 Å². The van der Waals surface area contributed by atoms with Gasteiger partial charge < -0.3 is 4.42 Å². The van der Waals surface area contributed by atoms with E-state index in [0.717, 1.165) is 0 Å². The largest absolute Gasteiger partial charge is 0.418 e. The van der Waals surface area contributed by atoms with Gasteiger partial charge in [0.2, 0.25) is 11.6 Å². The summed E-state index contributed by atoms with van der Waals surface area (Å²) in [6.45, 7) is 1.68. The first-order chi connectivity index (χ1) is 9.54. The first-order valence-electron chi connectivity index (χ1n) is 5.72. The van der Waals surface area contributed by atoms with Crippen molar-refractivity contribution < 1.29 is 9.34 Å². The Bertz CT molecular complexity index is 829. The molecule has 0 bridgehead atoms. The molecule has 0 amide bonds. The predicted molar refractivity (Wildman–Crippen MR) is 73.6 cm³/mol. The third-order valence-corrected chi connectivity index (χ3v) is 3.07. The van der Waals surface area contributed by atoms with Crippen LogP contribution in [0.5, 0.6) is 0 Å². The number of oxazole rings is 1. The smallest absolute Gasteiger partial charge is 0.273 e. The maximum absolute atomic E-state index is 10.9. The van der Waals surface area contributed by atoms with Gasteiger partial charge >= 0.3 is 0 Å². The van der Waals surface area contributed by atoms with Crippen molar-refractivity contribution in [3.8, 4) is 11.5 Å². The minimum absolute atomic E-state index is 0.0238. The summed E-state index contributed by atoms with van der Waals surface area (Å²) in [6, 6.07) is 6.43. The Labute approximate surface area is 118 Å². The number of pyridine rings is 1. The SMILES string of the molecule is Cc1ccc(-c2nc3cc(Cl)cnc3o2)cc1[N+](=O)[O-]. The average Bonchev–Trinajstić information content (AvgIpc) is 2.81. The van der Waals surface area contributed by atoms with E-state index in [9.17, 15) is 10.1 Å². The molecule has 2 aromatic heterocycles. The zero-order valence-electron chi connectivity index (χ0n) is 10.3. The summed E-state index contributed by atoms with van der Waals surface area (Å²) in [5, 5.41) is 11.4. The minimum atomic E-state index is -0.434. The van der Waals surface area contributed by atoms with Crippen LogP contribution in [0.4, 0.5) is 5.69 Å². The molecule has 6 nitrogen and oxygen atoms in total. The molecule has 0 N–H and O–H groups in total. The van der Waals surface area contributed by atoms with Crippen LogP contribution in [0.15, 0.2) is 34.9 Å². The quantitative estimate of drug-likeness (QED) is 0.530. The Balaban J connectivity index is 2.15. The number of nitro groups is 1. The average molecular weight is 290 g/mol. The van der Waals surface area contributed by atoms with E-state index in [1.807, 2.05) is 0 Å². The lowest BCUT2D eigenvalue weighted by atomic mass is 10.1. The van der Waals surface area contributed by atoms with Crippen LogP contribution in [0.25, 0.3) is 22.7 Å². The van der Waals surface area contributed by atoms with Crippen molar-refractivity contribution in [1.82, 2.24) is 9.97 Å². The van der Waals surface area contributed by atoms with Crippen LogP contribution >= 0.6 is 11.6 Å². The molecule has 7 heteroatoms. The van der Waals surface area contributed by atoms with Gasteiger partial charge in [0.25, 0.3) is 5.69 Å². The molecule has 0 saturated heterocycles. The molecule has 2 heterocycles. The molecule has 100 valence electrons. The van der Waals surface area contributed by atoms with Gasteiger partial charge in [-0.3, -0.25) is 10.1 Å². The minimum Gasteiger partial charge on any atom is -0.418 e. The van der Waals surface area contributed by atoms with E-state index >= 15 is 0 Å². The van der Waals surface area contributed by atoms with Crippen molar-refractivity contribution in [2.75, 3.05) is 0 Å². The zero-order valence-corrected chi connectivity index (χ0v) is 11.1. The summed E-state index contributed by atoms with van der Waals surface area (Å²) in [5.74, 6) is 0.276. The molecular weight excluding hydrogens is 282 g/mol. The summed E-state index contributed by atoms with van der Waals surface area (Å²) in [5.41, 5.74) is 1.98. The summed E-state index contributed by atoms with van der Waals surface area (Å²) < 4.78 is 5.48. The van der Waals surface area contributed by atoms with Crippen LogP contribution in [0.2, 0.25) is 5.02 Å². The Kier molecular flexibility index (Phi) is 2.87. The molecule has 0 fully saturated rings. The zero-order chi connectivity index (χ0) is 14.3. The standard InChI is InChI=1S/C13H8ClN3O3/c1-7-2-3-8(4-11(7)17(18)19)12-16-10-5-9(14)6-15-13(10)20-12/h2-6H,1H3. The van der Waals surface area contributed by atoms with Crippen LogP contribution in [0, 0.1) is 17.0 Å². The lowest BCUT2D eigenvalue weighted by Crippen LogP contribution is -1.92. The molecule has 0 unspecified atom stereocenters. The lowest BCUT2D eigenvalue weighted by molar-refractivity contribution is -0.385. The van der Waals surface area contributed by atoms with Gasteiger partial charge in [0, 0.05) is 23.4 Å². The fourth-order valence-electron chi connectivity index (χ4n) is 1.86. The second kappa shape index (κ2) is 4.57. The fraction of sp³-hybridized carbons (Fsp3) is 0.0769. The Morgan fingerprint density at radius 3 is 2.90 bits per heavy atom. The van der Waals surface area contributed by atoms with Crippen LogP contribution in [-0.2, 0) is 0 Å². The van der Waals surface area contributed by atoms with Crippen LogP contribution < -0.4 is 0 Å². The molecule has 0 atom stereocenters. The van der Waals surface area contributed by atoms with Gasteiger partial charge in [0.05, 0.1) is 9.95 Å². The Hall–Kier alpha value is -2.47. The molecule has 20 heavy (non-hydrogen) atoms. The van der Waals surface area contributed by atoms with E-state index in [-0.39, 0.29) is 11.6 Å². The van der Waals surface area contributed by atoms with Crippen molar-refractivity contribution in [2.45, 2.75) is 6.92 Å². The number of nitro benzene ring substituents is 1. The maximum Gasteiger partial charge on any atom is 0.273 e.